The van der Waals surface area contributed by atoms with E-state index in [2.05, 4.69) is 4.98 Å². The van der Waals surface area contributed by atoms with Crippen LogP contribution in [-0.4, -0.2) is 10.9 Å². The van der Waals surface area contributed by atoms with Gasteiger partial charge >= 0.3 is 0 Å². The fourth-order valence-electron chi connectivity index (χ4n) is 2.08. The minimum atomic E-state index is -0.351. The molecule has 0 aliphatic rings. The normalized spacial score (nSPS) is 12.4. The Kier molecular flexibility index (Phi) is 2.99. The zero-order valence-electron chi connectivity index (χ0n) is 11.0. The lowest BCUT2D eigenvalue weighted by atomic mass is 10.0. The van der Waals surface area contributed by atoms with Gasteiger partial charge in [0.15, 0.2) is 5.58 Å². The largest absolute Gasteiger partial charge is 0.436 e. The second-order valence-corrected chi connectivity index (χ2v) is 4.74. The first-order chi connectivity index (χ1) is 9.65. The molecule has 0 aliphatic carbocycles. The summed E-state index contributed by atoms with van der Waals surface area (Å²) in [6.07, 6.45) is 0. The zero-order valence-corrected chi connectivity index (χ0v) is 11.0. The van der Waals surface area contributed by atoms with Crippen LogP contribution in [0.3, 0.4) is 0 Å². The molecule has 0 radical (unpaired) electrons. The number of nitrogens with two attached hydrogens (primary N) is 1. The Morgan fingerprint density at radius 2 is 1.95 bits per heavy atom. The van der Waals surface area contributed by atoms with Crippen molar-refractivity contribution in [2.45, 2.75) is 12.8 Å². The van der Waals surface area contributed by atoms with Gasteiger partial charge in [-0.25, -0.2) is 4.98 Å². The van der Waals surface area contributed by atoms with E-state index in [4.69, 9.17) is 10.2 Å². The van der Waals surface area contributed by atoms with Gasteiger partial charge < -0.3 is 10.2 Å². The van der Waals surface area contributed by atoms with Gasteiger partial charge in [0, 0.05) is 5.56 Å². The summed E-state index contributed by atoms with van der Waals surface area (Å²) in [6.45, 7) is 1.78. The lowest BCUT2D eigenvalue weighted by Gasteiger charge is -2.06. The van der Waals surface area contributed by atoms with Gasteiger partial charge in [-0.2, -0.15) is 0 Å². The Bertz CT molecular complexity index is 763. The van der Waals surface area contributed by atoms with Crippen LogP contribution >= 0.6 is 0 Å². The van der Waals surface area contributed by atoms with Gasteiger partial charge in [0.1, 0.15) is 5.52 Å². The average Bonchev–Trinajstić information content (AvgIpc) is 2.90. The summed E-state index contributed by atoms with van der Waals surface area (Å²) in [7, 11) is 0. The molecule has 1 heterocycles. The number of aromatic nitrogens is 1. The van der Waals surface area contributed by atoms with Crippen LogP contribution in [0.2, 0.25) is 0 Å². The molecule has 4 heteroatoms. The maximum atomic E-state index is 11.2. The minimum Gasteiger partial charge on any atom is -0.436 e. The molecule has 0 saturated carbocycles. The van der Waals surface area contributed by atoms with E-state index in [0.29, 0.717) is 11.5 Å². The predicted molar refractivity (Wildman–Crippen MR) is 77.1 cm³/mol. The first-order valence-corrected chi connectivity index (χ1v) is 6.40. The summed E-state index contributed by atoms with van der Waals surface area (Å²) in [4.78, 5) is 15.7. The van der Waals surface area contributed by atoms with Crippen molar-refractivity contribution in [3.8, 4) is 11.5 Å². The van der Waals surface area contributed by atoms with E-state index < -0.39 is 0 Å². The Labute approximate surface area is 116 Å². The molecule has 2 N–H and O–H groups in total. The third-order valence-electron chi connectivity index (χ3n) is 3.36. The van der Waals surface area contributed by atoms with Crippen LogP contribution in [0.15, 0.2) is 52.9 Å². The van der Waals surface area contributed by atoms with E-state index in [1.54, 1.807) is 6.92 Å². The SMILES string of the molecule is C[C@H](C(N)=O)c1ccc2oc(-c3ccccc3)nc2c1. The van der Waals surface area contributed by atoms with Gasteiger partial charge in [-0.05, 0) is 36.8 Å². The molecule has 4 nitrogen and oxygen atoms in total. The van der Waals surface area contributed by atoms with Gasteiger partial charge in [-0.15, -0.1) is 0 Å². The van der Waals surface area contributed by atoms with E-state index >= 15 is 0 Å². The molecule has 0 saturated heterocycles. The zero-order chi connectivity index (χ0) is 14.1. The molecule has 1 atom stereocenters. The van der Waals surface area contributed by atoms with E-state index in [1.807, 2.05) is 48.5 Å². The molecule has 0 spiro atoms. The van der Waals surface area contributed by atoms with Gasteiger partial charge in [0.05, 0.1) is 5.92 Å². The molecule has 2 aromatic carbocycles. The van der Waals surface area contributed by atoms with Crippen LogP contribution < -0.4 is 5.73 Å². The number of fused-ring (bicyclic) bond motifs is 1. The second kappa shape index (κ2) is 4.81. The van der Waals surface area contributed by atoms with E-state index in [-0.39, 0.29) is 11.8 Å². The number of nitrogens with zero attached hydrogens (tertiary/aromatic N) is 1. The molecule has 1 aromatic heterocycles. The molecule has 100 valence electrons. The summed E-state index contributed by atoms with van der Waals surface area (Å²) in [6, 6.07) is 15.2. The quantitative estimate of drug-likeness (QED) is 0.792. The lowest BCUT2D eigenvalue weighted by molar-refractivity contribution is -0.119. The summed E-state index contributed by atoms with van der Waals surface area (Å²) in [5, 5.41) is 0. The van der Waals surface area contributed by atoms with Crippen LogP contribution in [0.1, 0.15) is 18.4 Å². The van der Waals surface area contributed by atoms with Crippen molar-refractivity contribution in [2.24, 2.45) is 5.73 Å². The standard InChI is InChI=1S/C16H14N2O2/c1-10(15(17)19)12-7-8-14-13(9-12)18-16(20-14)11-5-3-2-4-6-11/h2-10H,1H3,(H2,17,19)/t10-/m0/s1. The first kappa shape index (κ1) is 12.4. The second-order valence-electron chi connectivity index (χ2n) is 4.74. The highest BCUT2D eigenvalue weighted by Crippen LogP contribution is 2.26. The fourth-order valence-corrected chi connectivity index (χ4v) is 2.08. The smallest absolute Gasteiger partial charge is 0.227 e. The van der Waals surface area contributed by atoms with Gasteiger partial charge in [0.2, 0.25) is 11.8 Å². The molecule has 3 aromatic rings. The lowest BCUT2D eigenvalue weighted by Crippen LogP contribution is -2.18. The highest BCUT2D eigenvalue weighted by atomic mass is 16.3. The van der Waals surface area contributed by atoms with E-state index in [0.717, 1.165) is 16.6 Å². The monoisotopic (exact) mass is 266 g/mol. The molecular formula is C16H14N2O2. The van der Waals surface area contributed by atoms with Crippen molar-refractivity contribution in [2.75, 3.05) is 0 Å². The van der Waals surface area contributed by atoms with Crippen molar-refractivity contribution in [1.82, 2.24) is 4.98 Å². The third-order valence-corrected chi connectivity index (χ3v) is 3.36. The van der Waals surface area contributed by atoms with Crippen molar-refractivity contribution in [3.63, 3.8) is 0 Å². The number of primary amides is 1. The molecule has 20 heavy (non-hydrogen) atoms. The predicted octanol–water partition coefficient (Wildman–Crippen LogP) is 3.08. The number of hydrogen-bond acceptors (Lipinski definition) is 3. The molecular weight excluding hydrogens is 252 g/mol. The number of benzene rings is 2. The number of carbonyl (C=O) groups excluding carboxylic acids is 1. The molecule has 0 aliphatic heterocycles. The summed E-state index contributed by atoms with van der Waals surface area (Å²) in [5.41, 5.74) is 8.52. The Morgan fingerprint density at radius 1 is 1.20 bits per heavy atom. The minimum absolute atomic E-state index is 0.337. The van der Waals surface area contributed by atoms with Gasteiger partial charge in [-0.3, -0.25) is 4.79 Å². The van der Waals surface area contributed by atoms with E-state index in [9.17, 15) is 4.79 Å². The first-order valence-electron chi connectivity index (χ1n) is 6.40. The average molecular weight is 266 g/mol. The van der Waals surface area contributed by atoms with E-state index in [1.165, 1.54) is 0 Å². The van der Waals surface area contributed by atoms with Gasteiger partial charge in [0.25, 0.3) is 0 Å². The Balaban J connectivity index is 2.06. The maximum Gasteiger partial charge on any atom is 0.227 e. The van der Waals surface area contributed by atoms with Crippen LogP contribution in [0, 0.1) is 0 Å². The van der Waals surface area contributed by atoms with Crippen LogP contribution in [0.4, 0.5) is 0 Å². The Morgan fingerprint density at radius 3 is 2.65 bits per heavy atom. The number of rotatable bonds is 3. The number of carbonyl (C=O) groups is 1. The number of amides is 1. The maximum absolute atomic E-state index is 11.2. The molecule has 0 fully saturated rings. The third kappa shape index (κ3) is 2.16. The van der Waals surface area contributed by atoms with Crippen LogP contribution in [0.25, 0.3) is 22.6 Å². The summed E-state index contributed by atoms with van der Waals surface area (Å²) in [5.74, 6) is -0.114. The van der Waals surface area contributed by atoms with Crippen molar-refractivity contribution in [3.05, 3.63) is 54.1 Å². The highest BCUT2D eigenvalue weighted by Gasteiger charge is 2.14. The van der Waals surface area contributed by atoms with Crippen molar-refractivity contribution in [1.29, 1.82) is 0 Å². The molecule has 0 unspecified atom stereocenters. The van der Waals surface area contributed by atoms with Crippen LogP contribution in [0.5, 0.6) is 0 Å². The highest BCUT2D eigenvalue weighted by molar-refractivity contribution is 5.84. The summed E-state index contributed by atoms with van der Waals surface area (Å²) < 4.78 is 5.72. The molecule has 0 bridgehead atoms. The number of oxazole rings is 1. The van der Waals surface area contributed by atoms with Crippen LogP contribution in [-0.2, 0) is 4.79 Å². The molecule has 3 rings (SSSR count). The van der Waals surface area contributed by atoms with Crippen molar-refractivity contribution < 1.29 is 9.21 Å². The Hall–Kier alpha value is -2.62. The molecule has 1 amide bonds. The fraction of sp³-hybridized carbons (Fsp3) is 0.125. The summed E-state index contributed by atoms with van der Waals surface area (Å²) >= 11 is 0. The van der Waals surface area contributed by atoms with Crippen molar-refractivity contribution >= 4 is 17.0 Å². The number of hydrogen-bond donors (Lipinski definition) is 1. The topological polar surface area (TPSA) is 69.1 Å². The van der Waals surface area contributed by atoms with Gasteiger partial charge in [-0.1, -0.05) is 24.3 Å².